The molecule has 0 spiro atoms. The summed E-state index contributed by atoms with van der Waals surface area (Å²) in [7, 11) is 0. The molecule has 8 heteroatoms. The Labute approximate surface area is 225 Å². The summed E-state index contributed by atoms with van der Waals surface area (Å²) in [4.78, 5) is 4.28. The molecule has 0 bridgehead atoms. The van der Waals surface area contributed by atoms with Gasteiger partial charge in [-0.3, -0.25) is 4.99 Å². The van der Waals surface area contributed by atoms with Gasteiger partial charge in [0.05, 0.1) is 11.3 Å². The molecule has 38 heavy (non-hydrogen) atoms. The van der Waals surface area contributed by atoms with Crippen LogP contribution >= 0.6 is 15.9 Å². The average molecular weight is 586 g/mol. The van der Waals surface area contributed by atoms with Gasteiger partial charge in [0.2, 0.25) is 0 Å². The Morgan fingerprint density at radius 3 is 1.95 bits per heavy atom. The first kappa shape index (κ1) is 27.3. The molecule has 1 aliphatic heterocycles. The average Bonchev–Trinajstić information content (AvgIpc) is 3.33. The fourth-order valence-electron chi connectivity index (χ4n) is 3.85. The van der Waals surface area contributed by atoms with Crippen molar-refractivity contribution >= 4 is 27.7 Å². The maximum absolute atomic E-state index is 13.9. The molecule has 0 atom stereocenters. The second-order valence-electron chi connectivity index (χ2n) is 8.24. The highest BCUT2D eigenvalue weighted by atomic mass is 79.9. The van der Waals surface area contributed by atoms with Crippen LogP contribution in [0.25, 0.3) is 17.2 Å². The van der Waals surface area contributed by atoms with Gasteiger partial charge in [-0.2, -0.15) is 0 Å². The Morgan fingerprint density at radius 1 is 0.737 bits per heavy atom. The van der Waals surface area contributed by atoms with E-state index in [1.54, 1.807) is 12.1 Å². The lowest BCUT2D eigenvalue weighted by molar-refractivity contribution is -0.274. The van der Waals surface area contributed by atoms with Crippen LogP contribution in [0.1, 0.15) is 17.5 Å². The Balaban J connectivity index is 0.000000181. The SMILES string of the molecule is FC(F)(F)Oc1ccc(-c2ccccc2)cc1.Fc1cccc(F)c1C1=NCC/C1=C\c1ccc(Br)cc1. The highest BCUT2D eigenvalue weighted by Gasteiger charge is 2.31. The van der Waals surface area contributed by atoms with Crippen molar-refractivity contribution in [1.29, 1.82) is 0 Å². The number of halogens is 6. The van der Waals surface area contributed by atoms with Crippen LogP contribution in [0.2, 0.25) is 0 Å². The monoisotopic (exact) mass is 585 g/mol. The quantitative estimate of drug-likeness (QED) is 0.219. The van der Waals surface area contributed by atoms with Gasteiger partial charge < -0.3 is 4.74 Å². The predicted octanol–water partition coefficient (Wildman–Crippen LogP) is 9.26. The van der Waals surface area contributed by atoms with Crippen molar-refractivity contribution in [3.05, 3.63) is 130 Å². The van der Waals surface area contributed by atoms with E-state index < -0.39 is 18.0 Å². The van der Waals surface area contributed by atoms with Crippen LogP contribution in [-0.4, -0.2) is 18.6 Å². The van der Waals surface area contributed by atoms with Gasteiger partial charge in [0, 0.05) is 11.0 Å². The number of ether oxygens (including phenoxy) is 1. The number of hydrogen-bond acceptors (Lipinski definition) is 2. The lowest BCUT2D eigenvalue weighted by Gasteiger charge is -2.09. The van der Waals surface area contributed by atoms with E-state index >= 15 is 0 Å². The van der Waals surface area contributed by atoms with Crippen molar-refractivity contribution in [2.45, 2.75) is 12.8 Å². The van der Waals surface area contributed by atoms with Crippen molar-refractivity contribution < 1.29 is 26.7 Å². The van der Waals surface area contributed by atoms with Gasteiger partial charge in [-0.05, 0) is 71.2 Å². The Kier molecular flexibility index (Phi) is 8.73. The molecule has 4 aromatic rings. The molecule has 0 saturated heterocycles. The number of aliphatic imine (C=N–C) groups is 1. The number of benzene rings is 4. The normalized spacial score (nSPS) is 14.1. The summed E-state index contributed by atoms with van der Waals surface area (Å²) >= 11 is 3.38. The fourth-order valence-corrected chi connectivity index (χ4v) is 4.12. The molecule has 194 valence electrons. The van der Waals surface area contributed by atoms with Crippen LogP contribution in [0, 0.1) is 11.6 Å². The van der Waals surface area contributed by atoms with E-state index in [1.165, 1.54) is 30.3 Å². The molecule has 0 N–H and O–H groups in total. The van der Waals surface area contributed by atoms with Gasteiger partial charge in [-0.15, -0.1) is 13.2 Å². The second-order valence-corrected chi connectivity index (χ2v) is 9.15. The van der Waals surface area contributed by atoms with Gasteiger partial charge in [-0.1, -0.05) is 76.6 Å². The van der Waals surface area contributed by atoms with Crippen LogP contribution in [-0.2, 0) is 0 Å². The van der Waals surface area contributed by atoms with Crippen LogP contribution < -0.4 is 4.74 Å². The molecule has 0 unspecified atom stereocenters. The van der Waals surface area contributed by atoms with Gasteiger partial charge >= 0.3 is 6.36 Å². The molecule has 0 radical (unpaired) electrons. The number of alkyl halides is 3. The molecular weight excluding hydrogens is 565 g/mol. The summed E-state index contributed by atoms with van der Waals surface area (Å²) in [5.41, 5.74) is 4.04. The van der Waals surface area contributed by atoms with E-state index in [9.17, 15) is 22.0 Å². The molecule has 5 rings (SSSR count). The van der Waals surface area contributed by atoms with Crippen molar-refractivity contribution in [1.82, 2.24) is 0 Å². The highest BCUT2D eigenvalue weighted by molar-refractivity contribution is 9.10. The Hall–Kier alpha value is -3.78. The standard InChI is InChI=1S/C17H12BrF2N.C13H9F3O/c18-13-6-4-11(5-7-13)10-12-8-9-21-17(12)16-14(19)2-1-3-15(16)20;14-13(15,16)17-12-8-6-11(7-9-12)10-4-2-1-3-5-10/h1-7,10H,8-9H2;1-9H/b12-10+;. The predicted molar refractivity (Wildman–Crippen MR) is 143 cm³/mol. The van der Waals surface area contributed by atoms with E-state index in [0.29, 0.717) is 18.7 Å². The maximum atomic E-state index is 13.9. The van der Waals surface area contributed by atoms with E-state index in [-0.39, 0.29) is 11.3 Å². The molecule has 2 nitrogen and oxygen atoms in total. The lowest BCUT2D eigenvalue weighted by Crippen LogP contribution is -2.16. The third-order valence-electron chi connectivity index (χ3n) is 5.56. The summed E-state index contributed by atoms with van der Waals surface area (Å²) < 4.78 is 68.4. The minimum Gasteiger partial charge on any atom is -0.406 e. The van der Waals surface area contributed by atoms with E-state index in [0.717, 1.165) is 26.7 Å². The van der Waals surface area contributed by atoms with Crippen molar-refractivity contribution in [3.8, 4) is 16.9 Å². The fraction of sp³-hybridized carbons (Fsp3) is 0.100. The number of nitrogens with zero attached hydrogens (tertiary/aromatic N) is 1. The molecule has 1 aliphatic rings. The van der Waals surface area contributed by atoms with Gasteiger partial charge in [-0.25, -0.2) is 8.78 Å². The molecule has 0 amide bonds. The maximum Gasteiger partial charge on any atom is 0.573 e. The van der Waals surface area contributed by atoms with Gasteiger partial charge in [0.25, 0.3) is 0 Å². The summed E-state index contributed by atoms with van der Waals surface area (Å²) in [6.45, 7) is 0.561. The first-order chi connectivity index (χ1) is 18.2. The minimum atomic E-state index is -4.64. The molecule has 0 aromatic heterocycles. The van der Waals surface area contributed by atoms with Crippen LogP contribution in [0.4, 0.5) is 22.0 Å². The van der Waals surface area contributed by atoms with Crippen molar-refractivity contribution in [2.75, 3.05) is 6.54 Å². The summed E-state index contributed by atoms with van der Waals surface area (Å²) in [6.07, 6.45) is -2.02. The summed E-state index contributed by atoms with van der Waals surface area (Å²) in [6, 6.07) is 26.8. The zero-order valence-corrected chi connectivity index (χ0v) is 21.4. The zero-order valence-electron chi connectivity index (χ0n) is 19.9. The molecule has 0 fully saturated rings. The smallest absolute Gasteiger partial charge is 0.406 e. The minimum absolute atomic E-state index is 0.0293. The van der Waals surface area contributed by atoms with E-state index in [4.69, 9.17) is 0 Å². The van der Waals surface area contributed by atoms with Crippen molar-refractivity contribution in [3.63, 3.8) is 0 Å². The van der Waals surface area contributed by atoms with Crippen molar-refractivity contribution in [2.24, 2.45) is 4.99 Å². The number of rotatable bonds is 4. The zero-order chi connectivity index (χ0) is 27.1. The van der Waals surface area contributed by atoms with E-state index in [2.05, 4.69) is 25.7 Å². The molecular formula is C30H21BrF5NO. The highest BCUT2D eigenvalue weighted by Crippen LogP contribution is 2.27. The molecule has 0 aliphatic carbocycles. The summed E-state index contributed by atoms with van der Waals surface area (Å²) in [5, 5.41) is 0. The van der Waals surface area contributed by atoms with Gasteiger partial charge in [0.15, 0.2) is 0 Å². The topological polar surface area (TPSA) is 21.6 Å². The third-order valence-corrected chi connectivity index (χ3v) is 6.09. The van der Waals surface area contributed by atoms with Crippen LogP contribution in [0.5, 0.6) is 5.75 Å². The molecule has 0 saturated carbocycles. The molecule has 4 aromatic carbocycles. The first-order valence-electron chi connectivity index (χ1n) is 11.6. The largest absolute Gasteiger partial charge is 0.573 e. The first-order valence-corrected chi connectivity index (χ1v) is 12.4. The van der Waals surface area contributed by atoms with Crippen LogP contribution in [0.3, 0.4) is 0 Å². The van der Waals surface area contributed by atoms with E-state index in [1.807, 2.05) is 60.7 Å². The number of hydrogen-bond donors (Lipinski definition) is 0. The van der Waals surface area contributed by atoms with Crippen LogP contribution in [0.15, 0.2) is 112 Å². The Bertz CT molecular complexity index is 1410. The Morgan fingerprint density at radius 2 is 1.34 bits per heavy atom. The lowest BCUT2D eigenvalue weighted by atomic mass is 9.99. The second kappa shape index (κ2) is 12.2. The summed E-state index contributed by atoms with van der Waals surface area (Å²) in [5.74, 6) is -1.35. The van der Waals surface area contributed by atoms with Gasteiger partial charge in [0.1, 0.15) is 17.4 Å². The molecule has 1 heterocycles. The third kappa shape index (κ3) is 7.38.